The molecule has 0 aromatic carbocycles. The third-order valence-electron chi connectivity index (χ3n) is 6.58. The second kappa shape index (κ2) is 5.96. The van der Waals surface area contributed by atoms with Gasteiger partial charge in [0.25, 0.3) is 0 Å². The number of hydrogen-bond donors (Lipinski definition) is 1. The van der Waals surface area contributed by atoms with E-state index in [1.54, 1.807) is 0 Å². The van der Waals surface area contributed by atoms with Crippen molar-refractivity contribution < 1.29 is 4.74 Å². The molecule has 0 bridgehead atoms. The van der Waals surface area contributed by atoms with Crippen molar-refractivity contribution in [2.75, 3.05) is 6.54 Å². The summed E-state index contributed by atoms with van der Waals surface area (Å²) >= 11 is 0. The molecular weight excluding hydrogens is 246 g/mol. The van der Waals surface area contributed by atoms with E-state index in [2.05, 4.69) is 6.92 Å². The van der Waals surface area contributed by atoms with E-state index >= 15 is 0 Å². The molecule has 3 unspecified atom stereocenters. The molecule has 3 aliphatic rings. The fourth-order valence-electron chi connectivity index (χ4n) is 5.22. The molecule has 1 saturated heterocycles. The molecule has 3 rings (SSSR count). The first-order valence-electron chi connectivity index (χ1n) is 9.07. The highest BCUT2D eigenvalue weighted by Crippen LogP contribution is 2.50. The summed E-state index contributed by atoms with van der Waals surface area (Å²) in [5, 5.41) is 0. The van der Waals surface area contributed by atoms with Crippen LogP contribution in [0.2, 0.25) is 0 Å². The summed E-state index contributed by atoms with van der Waals surface area (Å²) in [6.07, 6.45) is 16.6. The number of ether oxygens (including phenoxy) is 1. The smallest absolute Gasteiger partial charge is 0.0687 e. The Morgan fingerprint density at radius 2 is 1.85 bits per heavy atom. The largest absolute Gasteiger partial charge is 0.372 e. The van der Waals surface area contributed by atoms with E-state index in [4.69, 9.17) is 10.5 Å². The van der Waals surface area contributed by atoms with E-state index in [1.807, 2.05) is 0 Å². The Labute approximate surface area is 124 Å². The van der Waals surface area contributed by atoms with Gasteiger partial charge in [0, 0.05) is 0 Å². The number of hydrogen-bond acceptors (Lipinski definition) is 2. The lowest BCUT2D eigenvalue weighted by Crippen LogP contribution is -2.35. The second-order valence-electron chi connectivity index (χ2n) is 7.95. The summed E-state index contributed by atoms with van der Waals surface area (Å²) in [6.45, 7) is 3.21. The molecule has 1 spiro atoms. The average molecular weight is 279 g/mol. The van der Waals surface area contributed by atoms with Crippen LogP contribution >= 0.6 is 0 Å². The van der Waals surface area contributed by atoms with Gasteiger partial charge in [-0.15, -0.1) is 0 Å². The molecule has 0 amide bonds. The van der Waals surface area contributed by atoms with Crippen LogP contribution in [0.5, 0.6) is 0 Å². The monoisotopic (exact) mass is 279 g/mol. The van der Waals surface area contributed by atoms with Crippen molar-refractivity contribution in [3.8, 4) is 0 Å². The fraction of sp³-hybridized carbons (Fsp3) is 1.00. The lowest BCUT2D eigenvalue weighted by molar-refractivity contribution is -0.0763. The molecule has 1 heterocycles. The van der Waals surface area contributed by atoms with E-state index < -0.39 is 0 Å². The lowest BCUT2D eigenvalue weighted by Gasteiger charge is -2.35. The number of nitrogens with two attached hydrogens (primary N) is 1. The van der Waals surface area contributed by atoms with Gasteiger partial charge in [0.2, 0.25) is 0 Å². The Bertz CT molecular complexity index is 323. The molecule has 2 nitrogen and oxygen atoms in total. The van der Waals surface area contributed by atoms with Gasteiger partial charge in [0.15, 0.2) is 0 Å². The fourth-order valence-corrected chi connectivity index (χ4v) is 5.22. The van der Waals surface area contributed by atoms with E-state index in [0.717, 1.165) is 12.5 Å². The van der Waals surface area contributed by atoms with Crippen LogP contribution in [-0.2, 0) is 4.74 Å². The first kappa shape index (κ1) is 14.8. The topological polar surface area (TPSA) is 35.2 Å². The summed E-state index contributed by atoms with van der Waals surface area (Å²) in [6, 6.07) is 0. The zero-order valence-corrected chi connectivity index (χ0v) is 13.3. The van der Waals surface area contributed by atoms with Gasteiger partial charge in [-0.1, -0.05) is 32.6 Å². The molecule has 3 atom stereocenters. The molecular formula is C18H33NO. The molecule has 0 aromatic heterocycles. The van der Waals surface area contributed by atoms with E-state index in [-0.39, 0.29) is 5.60 Å². The van der Waals surface area contributed by atoms with Crippen molar-refractivity contribution in [1.29, 1.82) is 0 Å². The van der Waals surface area contributed by atoms with Crippen molar-refractivity contribution in [3.63, 3.8) is 0 Å². The Kier molecular flexibility index (Phi) is 4.42. The zero-order valence-electron chi connectivity index (χ0n) is 13.3. The van der Waals surface area contributed by atoms with E-state index in [1.165, 1.54) is 77.0 Å². The summed E-state index contributed by atoms with van der Waals surface area (Å²) < 4.78 is 6.59. The molecule has 2 saturated carbocycles. The SMILES string of the molecule is CCC1CCC(CN)(CC2CCC3(CCCCC3)O2)C1. The zero-order chi connectivity index (χ0) is 14.1. The number of rotatable bonds is 4. The van der Waals surface area contributed by atoms with Crippen LogP contribution in [0.25, 0.3) is 0 Å². The highest BCUT2D eigenvalue weighted by Gasteiger charge is 2.45. The minimum absolute atomic E-state index is 0.279. The quantitative estimate of drug-likeness (QED) is 0.827. The molecule has 0 radical (unpaired) electrons. The van der Waals surface area contributed by atoms with Crippen LogP contribution in [0, 0.1) is 11.3 Å². The molecule has 0 aromatic rings. The van der Waals surface area contributed by atoms with Crippen molar-refractivity contribution >= 4 is 0 Å². The van der Waals surface area contributed by atoms with Gasteiger partial charge in [0.05, 0.1) is 11.7 Å². The molecule has 2 N–H and O–H groups in total. The minimum atomic E-state index is 0.279. The van der Waals surface area contributed by atoms with Crippen LogP contribution < -0.4 is 5.73 Å². The van der Waals surface area contributed by atoms with Crippen LogP contribution in [0.1, 0.15) is 84.0 Å². The summed E-state index contributed by atoms with van der Waals surface area (Å²) in [5.41, 5.74) is 6.87. The van der Waals surface area contributed by atoms with Gasteiger partial charge >= 0.3 is 0 Å². The summed E-state index contributed by atoms with van der Waals surface area (Å²) in [4.78, 5) is 0. The maximum Gasteiger partial charge on any atom is 0.0687 e. The lowest BCUT2D eigenvalue weighted by atomic mass is 9.79. The predicted molar refractivity (Wildman–Crippen MR) is 83.7 cm³/mol. The van der Waals surface area contributed by atoms with Crippen LogP contribution in [0.15, 0.2) is 0 Å². The molecule has 20 heavy (non-hydrogen) atoms. The van der Waals surface area contributed by atoms with Gasteiger partial charge in [-0.25, -0.2) is 0 Å². The maximum atomic E-state index is 6.59. The first-order chi connectivity index (χ1) is 9.69. The first-order valence-corrected chi connectivity index (χ1v) is 9.07. The van der Waals surface area contributed by atoms with E-state index in [0.29, 0.717) is 11.5 Å². The Balaban J connectivity index is 1.58. The highest BCUT2D eigenvalue weighted by atomic mass is 16.5. The highest BCUT2D eigenvalue weighted by molar-refractivity contribution is 4.96. The normalized spacial score (nSPS) is 40.5. The van der Waals surface area contributed by atoms with Gasteiger partial charge in [-0.3, -0.25) is 0 Å². The van der Waals surface area contributed by atoms with Gasteiger partial charge < -0.3 is 10.5 Å². The van der Waals surface area contributed by atoms with Crippen molar-refractivity contribution in [2.24, 2.45) is 17.1 Å². The molecule has 1 aliphatic heterocycles. The summed E-state index contributed by atoms with van der Waals surface area (Å²) in [7, 11) is 0. The van der Waals surface area contributed by atoms with Crippen LogP contribution in [0.3, 0.4) is 0 Å². The van der Waals surface area contributed by atoms with Crippen molar-refractivity contribution in [2.45, 2.75) is 95.7 Å². The van der Waals surface area contributed by atoms with Crippen LogP contribution in [-0.4, -0.2) is 18.2 Å². The van der Waals surface area contributed by atoms with Gasteiger partial charge in [-0.05, 0) is 69.2 Å². The standard InChI is InChI=1S/C18H33NO/c1-2-15-6-10-17(12-15,14-19)13-16-7-11-18(20-16)8-4-3-5-9-18/h15-16H,2-14,19H2,1H3. The minimum Gasteiger partial charge on any atom is -0.372 e. The summed E-state index contributed by atoms with van der Waals surface area (Å²) in [5.74, 6) is 0.920. The van der Waals surface area contributed by atoms with Gasteiger partial charge in [0.1, 0.15) is 0 Å². The molecule has 3 fully saturated rings. The van der Waals surface area contributed by atoms with Crippen LogP contribution in [0.4, 0.5) is 0 Å². The van der Waals surface area contributed by atoms with Crippen molar-refractivity contribution in [1.82, 2.24) is 0 Å². The Morgan fingerprint density at radius 1 is 1.05 bits per heavy atom. The predicted octanol–water partition coefficient (Wildman–Crippen LogP) is 4.41. The third kappa shape index (κ3) is 2.92. The second-order valence-corrected chi connectivity index (χ2v) is 7.95. The average Bonchev–Trinajstić information content (AvgIpc) is 3.06. The van der Waals surface area contributed by atoms with Crippen molar-refractivity contribution in [3.05, 3.63) is 0 Å². The molecule has 2 heteroatoms. The maximum absolute atomic E-state index is 6.59. The Morgan fingerprint density at radius 3 is 2.50 bits per heavy atom. The van der Waals surface area contributed by atoms with Gasteiger partial charge in [-0.2, -0.15) is 0 Å². The third-order valence-corrected chi connectivity index (χ3v) is 6.58. The molecule has 116 valence electrons. The van der Waals surface area contributed by atoms with E-state index in [9.17, 15) is 0 Å². The molecule has 2 aliphatic carbocycles. The Hall–Kier alpha value is -0.0800.